The fourth-order valence-electron chi connectivity index (χ4n) is 5.62. The molecule has 1 N–H and O–H groups in total. The number of hydrogen-bond donors (Lipinski definition) is 1. The molecule has 8 nitrogen and oxygen atoms in total. The van der Waals surface area contributed by atoms with Gasteiger partial charge in [0.05, 0.1) is 20.8 Å². The van der Waals surface area contributed by atoms with Crippen LogP contribution in [0.25, 0.3) is 0 Å². The fourth-order valence-corrected chi connectivity index (χ4v) is 5.62. The first-order valence-electron chi connectivity index (χ1n) is 14.9. The Labute approximate surface area is 259 Å². The molecule has 228 valence electrons. The third-order valence-electron chi connectivity index (χ3n) is 7.81. The van der Waals surface area contributed by atoms with E-state index in [-0.39, 0.29) is 18.2 Å². The van der Waals surface area contributed by atoms with E-state index in [4.69, 9.17) is 14.2 Å². The maximum Gasteiger partial charge on any atom is 0.248 e. The third-order valence-corrected chi connectivity index (χ3v) is 7.81. The number of fused-ring (bicyclic) bond motifs is 1. The molecule has 5 rings (SSSR count). The van der Waals surface area contributed by atoms with Crippen molar-refractivity contribution in [2.24, 2.45) is 0 Å². The van der Waals surface area contributed by atoms with Gasteiger partial charge in [-0.1, -0.05) is 54.6 Å². The Kier molecular flexibility index (Phi) is 10.0. The van der Waals surface area contributed by atoms with Gasteiger partial charge in [-0.25, -0.2) is 0 Å². The van der Waals surface area contributed by atoms with Crippen molar-refractivity contribution in [3.05, 3.63) is 114 Å². The van der Waals surface area contributed by atoms with Gasteiger partial charge in [0.25, 0.3) is 0 Å². The zero-order valence-corrected chi connectivity index (χ0v) is 25.5. The molecular weight excluding hydrogens is 554 g/mol. The second kappa shape index (κ2) is 14.5. The Balaban J connectivity index is 1.51. The Bertz CT molecular complexity index is 1560. The van der Waals surface area contributed by atoms with Crippen molar-refractivity contribution in [2.45, 2.75) is 32.4 Å². The first-order valence-corrected chi connectivity index (χ1v) is 14.9. The molecule has 4 aromatic carbocycles. The Morgan fingerprint density at radius 1 is 0.886 bits per heavy atom. The van der Waals surface area contributed by atoms with Crippen LogP contribution in [-0.4, -0.2) is 45.7 Å². The number of ether oxygens (including phenoxy) is 3. The quantitative estimate of drug-likeness (QED) is 0.207. The molecule has 0 fully saturated rings. The van der Waals surface area contributed by atoms with Gasteiger partial charge in [0, 0.05) is 37.4 Å². The monoisotopic (exact) mass is 593 g/mol. The number of hydrogen-bond acceptors (Lipinski definition) is 6. The van der Waals surface area contributed by atoms with E-state index in [0.717, 1.165) is 24.2 Å². The number of amides is 2. The summed E-state index contributed by atoms with van der Waals surface area (Å²) in [5, 5.41) is 3.07. The number of carbonyl (C=O) groups excluding carboxylic acids is 2. The number of anilines is 2. The fraction of sp³-hybridized carbons (Fsp3) is 0.278. The van der Waals surface area contributed by atoms with Crippen molar-refractivity contribution in [3.8, 4) is 17.2 Å². The minimum absolute atomic E-state index is 0.173. The molecule has 8 heteroatoms. The standard InChI is InChI=1S/C36H39N3O5/c1-4-44-30-17-15-29(16-18-30)39(34(40)21-23-38-22-20-27-12-8-9-13-31(27)38)35(28-14-19-32(42-2)33(24-28)43-3)36(41)37-25-26-10-6-5-7-11-26/h5-19,24,35H,4,20-23,25H2,1-3H3,(H,37,41). The zero-order valence-electron chi connectivity index (χ0n) is 25.5. The Morgan fingerprint density at radius 3 is 2.34 bits per heavy atom. The van der Waals surface area contributed by atoms with Gasteiger partial charge in [0.2, 0.25) is 11.8 Å². The summed E-state index contributed by atoms with van der Waals surface area (Å²) in [4.78, 5) is 32.3. The predicted octanol–water partition coefficient (Wildman–Crippen LogP) is 5.95. The summed E-state index contributed by atoms with van der Waals surface area (Å²) in [5.74, 6) is 1.21. The number of carbonyl (C=O) groups is 2. The second-order valence-electron chi connectivity index (χ2n) is 10.5. The summed E-state index contributed by atoms with van der Waals surface area (Å²) in [6, 6.07) is 29.6. The van der Waals surface area contributed by atoms with Gasteiger partial charge < -0.3 is 24.4 Å². The van der Waals surface area contributed by atoms with Gasteiger partial charge in [-0.2, -0.15) is 0 Å². The predicted molar refractivity (Wildman–Crippen MR) is 173 cm³/mol. The van der Waals surface area contributed by atoms with Gasteiger partial charge in [-0.3, -0.25) is 14.5 Å². The van der Waals surface area contributed by atoms with E-state index in [2.05, 4.69) is 22.3 Å². The van der Waals surface area contributed by atoms with E-state index in [1.807, 2.05) is 73.7 Å². The van der Waals surface area contributed by atoms with Crippen molar-refractivity contribution in [1.29, 1.82) is 0 Å². The lowest BCUT2D eigenvalue weighted by Crippen LogP contribution is -2.44. The highest BCUT2D eigenvalue weighted by atomic mass is 16.5. The van der Waals surface area contributed by atoms with Crippen LogP contribution in [0.15, 0.2) is 97.1 Å². The van der Waals surface area contributed by atoms with Gasteiger partial charge in [0.15, 0.2) is 11.5 Å². The van der Waals surface area contributed by atoms with E-state index in [9.17, 15) is 9.59 Å². The van der Waals surface area contributed by atoms with Crippen LogP contribution in [0.3, 0.4) is 0 Å². The summed E-state index contributed by atoms with van der Waals surface area (Å²) in [5.41, 5.74) is 4.59. The zero-order chi connectivity index (χ0) is 30.9. The summed E-state index contributed by atoms with van der Waals surface area (Å²) in [6.45, 7) is 4.15. The number of benzene rings is 4. The number of nitrogens with one attached hydrogen (secondary N) is 1. The molecule has 1 aliphatic rings. The number of nitrogens with zero attached hydrogens (tertiary/aromatic N) is 2. The first-order chi connectivity index (χ1) is 21.5. The molecule has 0 spiro atoms. The number of para-hydroxylation sites is 1. The van der Waals surface area contributed by atoms with E-state index < -0.39 is 6.04 Å². The van der Waals surface area contributed by atoms with Crippen LogP contribution < -0.4 is 29.3 Å². The van der Waals surface area contributed by atoms with E-state index >= 15 is 0 Å². The largest absolute Gasteiger partial charge is 0.494 e. The van der Waals surface area contributed by atoms with Gasteiger partial charge in [-0.05, 0) is 72.5 Å². The summed E-state index contributed by atoms with van der Waals surface area (Å²) in [6.07, 6.45) is 1.17. The van der Waals surface area contributed by atoms with E-state index in [1.165, 1.54) is 5.56 Å². The van der Waals surface area contributed by atoms with Crippen LogP contribution in [0.5, 0.6) is 17.2 Å². The summed E-state index contributed by atoms with van der Waals surface area (Å²) in [7, 11) is 3.11. The van der Waals surface area contributed by atoms with E-state index in [1.54, 1.807) is 37.3 Å². The molecule has 2 amide bonds. The third kappa shape index (κ3) is 6.97. The molecular formula is C36H39N3O5. The van der Waals surface area contributed by atoms with E-state index in [0.29, 0.717) is 48.2 Å². The highest BCUT2D eigenvalue weighted by Gasteiger charge is 2.34. The minimum Gasteiger partial charge on any atom is -0.494 e. The van der Waals surface area contributed by atoms with Crippen LogP contribution in [0, 0.1) is 0 Å². The van der Waals surface area contributed by atoms with Crippen LogP contribution in [-0.2, 0) is 22.6 Å². The average Bonchev–Trinajstić information content (AvgIpc) is 3.49. The Hall–Kier alpha value is -4.98. The molecule has 1 aliphatic heterocycles. The van der Waals surface area contributed by atoms with Crippen molar-refractivity contribution in [3.63, 3.8) is 0 Å². The maximum absolute atomic E-state index is 14.3. The highest BCUT2D eigenvalue weighted by Crippen LogP contribution is 2.36. The van der Waals surface area contributed by atoms with Crippen molar-refractivity contribution >= 4 is 23.2 Å². The molecule has 0 aromatic heterocycles. The average molecular weight is 594 g/mol. The number of rotatable bonds is 13. The minimum atomic E-state index is -0.977. The van der Waals surface area contributed by atoms with Gasteiger partial charge in [0.1, 0.15) is 11.8 Å². The van der Waals surface area contributed by atoms with Crippen molar-refractivity contribution < 1.29 is 23.8 Å². The topological polar surface area (TPSA) is 80.3 Å². The lowest BCUT2D eigenvalue weighted by atomic mass is 10.0. The molecule has 0 radical (unpaired) electrons. The second-order valence-corrected chi connectivity index (χ2v) is 10.5. The molecule has 1 heterocycles. The van der Waals surface area contributed by atoms with Gasteiger partial charge in [-0.15, -0.1) is 0 Å². The lowest BCUT2D eigenvalue weighted by molar-refractivity contribution is -0.126. The summed E-state index contributed by atoms with van der Waals surface area (Å²) < 4.78 is 16.7. The van der Waals surface area contributed by atoms with Gasteiger partial charge >= 0.3 is 0 Å². The molecule has 0 saturated carbocycles. The van der Waals surface area contributed by atoms with Crippen LogP contribution in [0.2, 0.25) is 0 Å². The highest BCUT2D eigenvalue weighted by molar-refractivity contribution is 6.01. The van der Waals surface area contributed by atoms with Crippen molar-refractivity contribution in [2.75, 3.05) is 43.7 Å². The van der Waals surface area contributed by atoms with Crippen LogP contribution >= 0.6 is 0 Å². The lowest BCUT2D eigenvalue weighted by Gasteiger charge is -2.32. The molecule has 0 aliphatic carbocycles. The van der Waals surface area contributed by atoms with Crippen molar-refractivity contribution in [1.82, 2.24) is 5.32 Å². The van der Waals surface area contributed by atoms with Crippen LogP contribution in [0.1, 0.15) is 36.1 Å². The Morgan fingerprint density at radius 2 is 1.61 bits per heavy atom. The first kappa shape index (κ1) is 30.5. The molecule has 44 heavy (non-hydrogen) atoms. The SMILES string of the molecule is CCOc1ccc(N(C(=O)CCN2CCc3ccccc32)C(C(=O)NCc2ccccc2)c2ccc(OC)c(OC)c2)cc1. The molecule has 1 unspecified atom stereocenters. The van der Waals surface area contributed by atoms with Crippen LogP contribution in [0.4, 0.5) is 11.4 Å². The summed E-state index contributed by atoms with van der Waals surface area (Å²) >= 11 is 0. The normalized spacial score (nSPS) is 12.7. The maximum atomic E-state index is 14.3. The molecule has 0 saturated heterocycles. The molecule has 0 bridgehead atoms. The molecule has 1 atom stereocenters. The number of methoxy groups -OCH3 is 2. The smallest absolute Gasteiger partial charge is 0.248 e. The molecule has 4 aromatic rings.